The number of carbonyl (C=O) groups excluding carboxylic acids is 1. The number of aliphatic hydroxyl groups excluding tert-OH is 5. The van der Waals surface area contributed by atoms with E-state index in [1.807, 2.05) is 0 Å². The lowest BCUT2D eigenvalue weighted by molar-refractivity contribution is -0.138. The standard InChI is InChI=1S/C25H49NO6/c1-3-4-5-6-7-8-9-10-11-12-13-14-15-16-17-18-23(30)26(2)19-21(28)24(31)25(32)22(29)20-27/h10-11,21-22,24-25,27-29,31-32H,3-9,12-20H2,1-2H3/b11-10-/t21?,22-,24?,25-/m1/s1. The molecular formula is C25H49NO6. The monoisotopic (exact) mass is 459 g/mol. The number of aliphatic hydroxyl groups is 5. The van der Waals surface area contributed by atoms with Gasteiger partial charge in [-0.15, -0.1) is 0 Å². The van der Waals surface area contributed by atoms with Gasteiger partial charge in [0.1, 0.15) is 24.4 Å². The second kappa shape index (κ2) is 20.6. The third-order valence-electron chi connectivity index (χ3n) is 5.86. The normalized spacial score (nSPS) is 15.6. The molecule has 4 atom stereocenters. The van der Waals surface area contributed by atoms with Crippen LogP contribution < -0.4 is 0 Å². The van der Waals surface area contributed by atoms with Crippen LogP contribution in [0.2, 0.25) is 0 Å². The Hall–Kier alpha value is -0.990. The zero-order valence-electron chi connectivity index (χ0n) is 20.4. The number of rotatable bonds is 21. The Morgan fingerprint density at radius 3 is 1.75 bits per heavy atom. The Labute approximate surface area is 195 Å². The number of allylic oxidation sites excluding steroid dienone is 2. The van der Waals surface area contributed by atoms with Crippen molar-refractivity contribution in [2.24, 2.45) is 0 Å². The smallest absolute Gasteiger partial charge is 0.222 e. The summed E-state index contributed by atoms with van der Waals surface area (Å²) in [5.74, 6) is -0.133. The number of nitrogens with zero attached hydrogens (tertiary/aromatic N) is 1. The number of likely N-dealkylation sites (N-methyl/N-ethyl adjacent to an activating group) is 1. The molecule has 0 aliphatic carbocycles. The van der Waals surface area contributed by atoms with Crippen LogP contribution >= 0.6 is 0 Å². The largest absolute Gasteiger partial charge is 0.394 e. The molecule has 32 heavy (non-hydrogen) atoms. The van der Waals surface area contributed by atoms with Crippen molar-refractivity contribution >= 4 is 5.91 Å². The minimum absolute atomic E-state index is 0.133. The lowest BCUT2D eigenvalue weighted by Crippen LogP contribution is -2.49. The van der Waals surface area contributed by atoms with E-state index in [4.69, 9.17) is 5.11 Å². The van der Waals surface area contributed by atoms with Crippen molar-refractivity contribution in [2.45, 2.75) is 121 Å². The molecule has 0 rings (SSSR count). The average molecular weight is 460 g/mol. The number of unbranched alkanes of at least 4 members (excludes halogenated alkanes) is 11. The molecule has 0 aliphatic heterocycles. The van der Waals surface area contributed by atoms with Crippen LogP contribution in [0.1, 0.15) is 96.8 Å². The fourth-order valence-electron chi connectivity index (χ4n) is 3.59. The molecule has 0 aliphatic rings. The quantitative estimate of drug-likeness (QED) is 0.133. The molecule has 2 unspecified atom stereocenters. The summed E-state index contributed by atoms with van der Waals surface area (Å²) in [6.07, 6.45) is 14.2. The van der Waals surface area contributed by atoms with Crippen molar-refractivity contribution in [3.63, 3.8) is 0 Å². The van der Waals surface area contributed by atoms with Gasteiger partial charge in [0.25, 0.3) is 0 Å². The van der Waals surface area contributed by atoms with Gasteiger partial charge in [-0.2, -0.15) is 0 Å². The van der Waals surface area contributed by atoms with Crippen LogP contribution in [-0.2, 0) is 4.79 Å². The minimum atomic E-state index is -1.68. The molecule has 0 bridgehead atoms. The van der Waals surface area contributed by atoms with Crippen molar-refractivity contribution in [3.05, 3.63) is 12.2 Å². The van der Waals surface area contributed by atoms with Gasteiger partial charge in [-0.05, 0) is 32.1 Å². The molecule has 0 saturated carbocycles. The van der Waals surface area contributed by atoms with E-state index in [1.165, 1.54) is 63.3 Å². The van der Waals surface area contributed by atoms with Gasteiger partial charge in [-0.3, -0.25) is 4.79 Å². The summed E-state index contributed by atoms with van der Waals surface area (Å²) in [6, 6.07) is 0. The molecule has 0 aromatic rings. The summed E-state index contributed by atoms with van der Waals surface area (Å²) in [7, 11) is 1.53. The van der Waals surface area contributed by atoms with Crippen LogP contribution in [0.4, 0.5) is 0 Å². The Morgan fingerprint density at radius 1 is 0.750 bits per heavy atom. The van der Waals surface area contributed by atoms with Crippen LogP contribution in [0.5, 0.6) is 0 Å². The highest BCUT2D eigenvalue weighted by molar-refractivity contribution is 5.75. The zero-order valence-corrected chi connectivity index (χ0v) is 20.4. The second-order valence-electron chi connectivity index (χ2n) is 8.91. The molecule has 5 N–H and O–H groups in total. The average Bonchev–Trinajstić information content (AvgIpc) is 2.79. The molecule has 0 radical (unpaired) electrons. The van der Waals surface area contributed by atoms with E-state index < -0.39 is 31.0 Å². The third kappa shape index (κ3) is 15.8. The van der Waals surface area contributed by atoms with Gasteiger partial charge in [0.15, 0.2) is 0 Å². The molecule has 0 fully saturated rings. The molecular weight excluding hydrogens is 410 g/mol. The number of hydrogen-bond donors (Lipinski definition) is 5. The predicted octanol–water partition coefficient (Wildman–Crippen LogP) is 2.92. The molecule has 1 amide bonds. The lowest BCUT2D eigenvalue weighted by Gasteiger charge is -2.28. The highest BCUT2D eigenvalue weighted by atomic mass is 16.4. The molecule has 0 heterocycles. The van der Waals surface area contributed by atoms with Crippen LogP contribution in [0.3, 0.4) is 0 Å². The zero-order chi connectivity index (χ0) is 24.2. The second-order valence-corrected chi connectivity index (χ2v) is 8.91. The SMILES string of the molecule is CCCCCCCC/C=C\CCCCCCCC(=O)N(C)CC(O)C(O)[C@H](O)[C@H](O)CO. The minimum Gasteiger partial charge on any atom is -0.394 e. The number of amides is 1. The fourth-order valence-corrected chi connectivity index (χ4v) is 3.59. The Bertz CT molecular complexity index is 473. The molecule has 7 heteroatoms. The van der Waals surface area contributed by atoms with Gasteiger partial charge >= 0.3 is 0 Å². The highest BCUT2D eigenvalue weighted by Crippen LogP contribution is 2.11. The first-order chi connectivity index (χ1) is 15.3. The maximum absolute atomic E-state index is 12.2. The van der Waals surface area contributed by atoms with E-state index >= 15 is 0 Å². The molecule has 0 aromatic heterocycles. The van der Waals surface area contributed by atoms with Crippen molar-refractivity contribution in [1.82, 2.24) is 4.90 Å². The topological polar surface area (TPSA) is 121 Å². The Morgan fingerprint density at radius 2 is 1.22 bits per heavy atom. The molecule has 0 spiro atoms. The Kier molecular flexibility index (Phi) is 20.0. The first-order valence-corrected chi connectivity index (χ1v) is 12.6. The summed E-state index contributed by atoms with van der Waals surface area (Å²) in [6.45, 7) is 1.36. The van der Waals surface area contributed by atoms with Gasteiger partial charge in [-0.1, -0.05) is 70.4 Å². The number of carbonyl (C=O) groups is 1. The van der Waals surface area contributed by atoms with Crippen LogP contribution in [-0.4, -0.2) is 81.0 Å². The predicted molar refractivity (Wildman–Crippen MR) is 128 cm³/mol. The van der Waals surface area contributed by atoms with Crippen molar-refractivity contribution < 1.29 is 30.3 Å². The maximum atomic E-state index is 12.2. The summed E-state index contributed by atoms with van der Waals surface area (Å²) in [5.41, 5.74) is 0. The first kappa shape index (κ1) is 31.0. The van der Waals surface area contributed by atoms with E-state index in [2.05, 4.69) is 19.1 Å². The molecule has 0 saturated heterocycles. The summed E-state index contributed by atoms with van der Waals surface area (Å²) in [4.78, 5) is 13.5. The van der Waals surface area contributed by atoms with Crippen molar-refractivity contribution in [3.8, 4) is 0 Å². The van der Waals surface area contributed by atoms with E-state index in [0.29, 0.717) is 6.42 Å². The molecule has 0 aromatic carbocycles. The van der Waals surface area contributed by atoms with Gasteiger partial charge in [0.2, 0.25) is 5.91 Å². The lowest BCUT2D eigenvalue weighted by atomic mass is 10.0. The van der Waals surface area contributed by atoms with Crippen LogP contribution in [0.25, 0.3) is 0 Å². The summed E-state index contributed by atoms with van der Waals surface area (Å²) in [5, 5.41) is 47.5. The van der Waals surface area contributed by atoms with Gasteiger partial charge in [-0.25, -0.2) is 0 Å². The van der Waals surface area contributed by atoms with Crippen LogP contribution in [0.15, 0.2) is 12.2 Å². The summed E-state index contributed by atoms with van der Waals surface area (Å²) < 4.78 is 0. The number of hydrogen-bond acceptors (Lipinski definition) is 6. The van der Waals surface area contributed by atoms with E-state index in [-0.39, 0.29) is 12.5 Å². The van der Waals surface area contributed by atoms with Crippen molar-refractivity contribution in [1.29, 1.82) is 0 Å². The maximum Gasteiger partial charge on any atom is 0.222 e. The van der Waals surface area contributed by atoms with Crippen LogP contribution in [0, 0.1) is 0 Å². The van der Waals surface area contributed by atoms with Crippen molar-refractivity contribution in [2.75, 3.05) is 20.2 Å². The third-order valence-corrected chi connectivity index (χ3v) is 5.86. The molecule has 190 valence electrons. The highest BCUT2D eigenvalue weighted by Gasteiger charge is 2.31. The van der Waals surface area contributed by atoms with Gasteiger partial charge in [0.05, 0.1) is 6.61 Å². The van der Waals surface area contributed by atoms with E-state index in [0.717, 1.165) is 32.1 Å². The van der Waals surface area contributed by atoms with Gasteiger partial charge < -0.3 is 30.4 Å². The first-order valence-electron chi connectivity index (χ1n) is 12.6. The fraction of sp³-hybridized carbons (Fsp3) is 0.880. The van der Waals surface area contributed by atoms with E-state index in [9.17, 15) is 25.2 Å². The van der Waals surface area contributed by atoms with Gasteiger partial charge in [0, 0.05) is 20.0 Å². The summed E-state index contributed by atoms with van der Waals surface area (Å²) >= 11 is 0. The molecule has 7 nitrogen and oxygen atoms in total. The van der Waals surface area contributed by atoms with E-state index in [1.54, 1.807) is 0 Å². The Balaban J connectivity index is 3.71.